The second-order valence-electron chi connectivity index (χ2n) is 4.14. The van der Waals surface area contributed by atoms with Gasteiger partial charge in [-0.25, -0.2) is 4.98 Å². The number of halogens is 1. The molecule has 74 valence electrons. The summed E-state index contributed by atoms with van der Waals surface area (Å²) in [5.74, 6) is 1.17. The average molecular weight is 245 g/mol. The van der Waals surface area contributed by atoms with Crippen molar-refractivity contribution in [1.29, 1.82) is 0 Å². The van der Waals surface area contributed by atoms with Gasteiger partial charge >= 0.3 is 0 Å². The zero-order valence-corrected chi connectivity index (χ0v) is 10.3. The topological polar surface area (TPSA) is 28.7 Å². The normalized spacial score (nSPS) is 11.6. The Balaban J connectivity index is 2.91. The predicted octanol–water partition coefficient (Wildman–Crippen LogP) is 3.49. The van der Waals surface area contributed by atoms with E-state index in [1.54, 1.807) is 0 Å². The number of nitrogens with one attached hydrogen (secondary N) is 1. The number of nitrogens with zero attached hydrogens (tertiary/aromatic N) is 1. The van der Waals surface area contributed by atoms with Crippen LogP contribution < -0.4 is 0 Å². The van der Waals surface area contributed by atoms with Crippen molar-refractivity contribution in [2.45, 2.75) is 40.0 Å². The first-order chi connectivity index (χ1) is 6.00. The van der Waals surface area contributed by atoms with Crippen LogP contribution in [0.4, 0.5) is 0 Å². The molecule has 2 nitrogen and oxygen atoms in total. The molecule has 0 saturated heterocycles. The molecule has 0 atom stereocenters. The van der Waals surface area contributed by atoms with Crippen LogP contribution in [0.3, 0.4) is 0 Å². The Kier molecular flexibility index (Phi) is 3.54. The largest absolute Gasteiger partial charge is 0.336 e. The molecule has 0 aromatic carbocycles. The standard InChI is InChI=1S/C10H17BrN2/c1-6(2)5-8-9(7(3)4)13-10(11)12-8/h6-7H,5H2,1-4H3,(H,12,13). The summed E-state index contributed by atoms with van der Waals surface area (Å²) in [5.41, 5.74) is 2.47. The lowest BCUT2D eigenvalue weighted by molar-refractivity contribution is 0.627. The molecule has 0 saturated carbocycles. The van der Waals surface area contributed by atoms with Crippen LogP contribution in [0, 0.1) is 5.92 Å². The van der Waals surface area contributed by atoms with Crippen LogP contribution in [0.2, 0.25) is 0 Å². The second kappa shape index (κ2) is 4.27. The zero-order chi connectivity index (χ0) is 10.0. The quantitative estimate of drug-likeness (QED) is 0.867. The molecule has 3 heteroatoms. The van der Waals surface area contributed by atoms with Crippen LogP contribution in [0.25, 0.3) is 0 Å². The van der Waals surface area contributed by atoms with Gasteiger partial charge in [0.2, 0.25) is 0 Å². The molecule has 0 radical (unpaired) electrons. The van der Waals surface area contributed by atoms with Crippen LogP contribution in [0.5, 0.6) is 0 Å². The second-order valence-corrected chi connectivity index (χ2v) is 4.90. The minimum atomic E-state index is 0.497. The van der Waals surface area contributed by atoms with E-state index in [1.807, 2.05) is 0 Å². The summed E-state index contributed by atoms with van der Waals surface area (Å²) in [6.45, 7) is 8.79. The van der Waals surface area contributed by atoms with Gasteiger partial charge in [-0.2, -0.15) is 0 Å². The number of aromatic amines is 1. The van der Waals surface area contributed by atoms with Gasteiger partial charge in [-0.05, 0) is 34.2 Å². The summed E-state index contributed by atoms with van der Waals surface area (Å²) in [6, 6.07) is 0. The van der Waals surface area contributed by atoms with Crippen molar-refractivity contribution >= 4 is 15.9 Å². The Bertz CT molecular complexity index is 276. The Morgan fingerprint density at radius 2 is 1.92 bits per heavy atom. The molecule has 0 aliphatic carbocycles. The third-order valence-electron chi connectivity index (χ3n) is 1.94. The van der Waals surface area contributed by atoms with Crippen LogP contribution in [-0.4, -0.2) is 9.97 Å². The summed E-state index contributed by atoms with van der Waals surface area (Å²) < 4.78 is 0.854. The summed E-state index contributed by atoms with van der Waals surface area (Å²) in [7, 11) is 0. The lowest BCUT2D eigenvalue weighted by Crippen LogP contribution is -2.00. The lowest BCUT2D eigenvalue weighted by atomic mass is 10.0. The number of aromatic nitrogens is 2. The number of rotatable bonds is 3. The third-order valence-corrected chi connectivity index (χ3v) is 2.32. The van der Waals surface area contributed by atoms with E-state index in [4.69, 9.17) is 0 Å². The fourth-order valence-electron chi connectivity index (χ4n) is 1.43. The molecule has 1 N–H and O–H groups in total. The Hall–Kier alpha value is -0.310. The highest BCUT2D eigenvalue weighted by Gasteiger charge is 2.12. The summed E-state index contributed by atoms with van der Waals surface area (Å²) >= 11 is 3.37. The highest BCUT2D eigenvalue weighted by molar-refractivity contribution is 9.10. The molecule has 1 heterocycles. The molecule has 1 rings (SSSR count). The van der Waals surface area contributed by atoms with E-state index in [0.29, 0.717) is 11.8 Å². The van der Waals surface area contributed by atoms with E-state index >= 15 is 0 Å². The summed E-state index contributed by atoms with van der Waals surface area (Å²) in [6.07, 6.45) is 1.08. The Morgan fingerprint density at radius 3 is 2.38 bits per heavy atom. The molecule has 0 spiro atoms. The highest BCUT2D eigenvalue weighted by Crippen LogP contribution is 2.21. The van der Waals surface area contributed by atoms with Crippen molar-refractivity contribution < 1.29 is 0 Å². The Morgan fingerprint density at radius 1 is 1.31 bits per heavy atom. The van der Waals surface area contributed by atoms with Gasteiger partial charge in [0, 0.05) is 5.69 Å². The van der Waals surface area contributed by atoms with Gasteiger partial charge in [-0.15, -0.1) is 0 Å². The maximum absolute atomic E-state index is 4.42. The summed E-state index contributed by atoms with van der Waals surface area (Å²) in [4.78, 5) is 7.69. The van der Waals surface area contributed by atoms with E-state index in [-0.39, 0.29) is 0 Å². The van der Waals surface area contributed by atoms with Crippen LogP contribution in [-0.2, 0) is 6.42 Å². The monoisotopic (exact) mass is 244 g/mol. The third kappa shape index (κ3) is 2.83. The fraction of sp³-hybridized carbons (Fsp3) is 0.700. The van der Waals surface area contributed by atoms with E-state index in [9.17, 15) is 0 Å². The van der Waals surface area contributed by atoms with Crippen LogP contribution in [0.1, 0.15) is 45.0 Å². The molecule has 1 aromatic rings. The average Bonchev–Trinajstić information content (AvgIpc) is 2.29. The highest BCUT2D eigenvalue weighted by atomic mass is 79.9. The lowest BCUT2D eigenvalue weighted by Gasteiger charge is -2.07. The van der Waals surface area contributed by atoms with E-state index < -0.39 is 0 Å². The fourth-order valence-corrected chi connectivity index (χ4v) is 1.86. The van der Waals surface area contributed by atoms with E-state index in [1.165, 1.54) is 11.4 Å². The molecule has 0 unspecified atom stereocenters. The van der Waals surface area contributed by atoms with Gasteiger partial charge in [0.15, 0.2) is 4.73 Å². The number of imidazole rings is 1. The van der Waals surface area contributed by atoms with Gasteiger partial charge in [0.1, 0.15) is 0 Å². The van der Waals surface area contributed by atoms with Crippen molar-refractivity contribution in [1.82, 2.24) is 9.97 Å². The number of H-pyrrole nitrogens is 1. The molecule has 1 aromatic heterocycles. The van der Waals surface area contributed by atoms with Gasteiger partial charge in [-0.3, -0.25) is 0 Å². The molecule has 0 aliphatic rings. The minimum absolute atomic E-state index is 0.497. The van der Waals surface area contributed by atoms with Crippen molar-refractivity contribution in [3.8, 4) is 0 Å². The van der Waals surface area contributed by atoms with Crippen molar-refractivity contribution in [2.75, 3.05) is 0 Å². The molecular formula is C10H17BrN2. The van der Waals surface area contributed by atoms with Crippen molar-refractivity contribution in [3.63, 3.8) is 0 Å². The Labute approximate surface area is 88.3 Å². The van der Waals surface area contributed by atoms with E-state index in [0.717, 1.165) is 11.2 Å². The number of hydrogen-bond acceptors (Lipinski definition) is 1. The van der Waals surface area contributed by atoms with Gasteiger partial charge in [0.05, 0.1) is 5.69 Å². The van der Waals surface area contributed by atoms with Crippen LogP contribution in [0.15, 0.2) is 4.73 Å². The molecular weight excluding hydrogens is 228 g/mol. The first-order valence-electron chi connectivity index (χ1n) is 4.75. The predicted molar refractivity (Wildman–Crippen MR) is 58.9 cm³/mol. The minimum Gasteiger partial charge on any atom is -0.336 e. The first kappa shape index (κ1) is 10.8. The number of hydrogen-bond donors (Lipinski definition) is 1. The van der Waals surface area contributed by atoms with E-state index in [2.05, 4.69) is 53.6 Å². The molecule has 13 heavy (non-hydrogen) atoms. The maximum Gasteiger partial charge on any atom is 0.174 e. The maximum atomic E-state index is 4.42. The zero-order valence-electron chi connectivity index (χ0n) is 8.69. The molecule has 0 fully saturated rings. The molecule has 0 aliphatic heterocycles. The molecule has 0 bridgehead atoms. The van der Waals surface area contributed by atoms with Crippen molar-refractivity contribution in [2.24, 2.45) is 5.92 Å². The van der Waals surface area contributed by atoms with Crippen LogP contribution >= 0.6 is 15.9 Å². The molecule has 0 amide bonds. The van der Waals surface area contributed by atoms with Gasteiger partial charge in [0.25, 0.3) is 0 Å². The summed E-state index contributed by atoms with van der Waals surface area (Å²) in [5, 5.41) is 0. The van der Waals surface area contributed by atoms with Gasteiger partial charge < -0.3 is 4.98 Å². The van der Waals surface area contributed by atoms with Crippen molar-refractivity contribution in [3.05, 3.63) is 16.1 Å². The smallest absolute Gasteiger partial charge is 0.174 e. The van der Waals surface area contributed by atoms with Gasteiger partial charge in [-0.1, -0.05) is 27.7 Å². The SMILES string of the molecule is CC(C)Cc1[nH]c(Br)nc1C(C)C. The first-order valence-corrected chi connectivity index (χ1v) is 5.54.